The second-order valence-corrected chi connectivity index (χ2v) is 9.76. The van der Waals surface area contributed by atoms with Crippen molar-refractivity contribution in [2.45, 2.75) is 78.7 Å². The number of allylic oxidation sites excluding steroid dienone is 1. The van der Waals surface area contributed by atoms with Gasteiger partial charge in [0.2, 0.25) is 0 Å². The summed E-state index contributed by atoms with van der Waals surface area (Å²) in [6, 6.07) is 4.48. The van der Waals surface area contributed by atoms with Crippen LogP contribution in [0.5, 0.6) is 5.75 Å². The molecule has 2 unspecified atom stereocenters. The highest BCUT2D eigenvalue weighted by molar-refractivity contribution is 5.98. The maximum Gasteiger partial charge on any atom is 0.162 e. The summed E-state index contributed by atoms with van der Waals surface area (Å²) >= 11 is 0. The standard InChI is InChI=1S/C22H30O2/c1-13-9-14(20(2,3)4)19-15(10-13)22(8)12-16(21(5,6)7)17(23)11-18(22)24-19/h9-10,12,18H,11H2,1-8H3. The number of ketones is 1. The van der Waals surface area contributed by atoms with Gasteiger partial charge in [0.15, 0.2) is 5.78 Å². The molecule has 24 heavy (non-hydrogen) atoms. The highest BCUT2D eigenvalue weighted by atomic mass is 16.5. The van der Waals surface area contributed by atoms with Crippen molar-refractivity contribution in [1.29, 1.82) is 0 Å². The van der Waals surface area contributed by atoms with Crippen LogP contribution in [0.2, 0.25) is 0 Å². The number of ether oxygens (including phenoxy) is 1. The zero-order valence-corrected chi connectivity index (χ0v) is 16.3. The fraction of sp³-hybridized carbons (Fsp3) is 0.591. The van der Waals surface area contributed by atoms with Crippen LogP contribution in [0.4, 0.5) is 0 Å². The van der Waals surface area contributed by atoms with Crippen molar-refractivity contribution in [2.75, 3.05) is 0 Å². The van der Waals surface area contributed by atoms with E-state index < -0.39 is 0 Å². The molecule has 2 heteroatoms. The Morgan fingerprint density at radius 3 is 2.25 bits per heavy atom. The Hall–Kier alpha value is -1.57. The molecule has 1 aliphatic carbocycles. The number of aryl methyl sites for hydroxylation is 1. The molecule has 0 saturated carbocycles. The van der Waals surface area contributed by atoms with E-state index in [1.165, 1.54) is 16.7 Å². The summed E-state index contributed by atoms with van der Waals surface area (Å²) in [5, 5.41) is 0. The minimum atomic E-state index is -0.224. The smallest absolute Gasteiger partial charge is 0.162 e. The molecule has 2 aliphatic rings. The summed E-state index contributed by atoms with van der Waals surface area (Å²) in [6.07, 6.45) is 2.58. The molecule has 0 fully saturated rings. The first kappa shape index (κ1) is 17.3. The quantitative estimate of drug-likeness (QED) is 0.650. The van der Waals surface area contributed by atoms with E-state index in [2.05, 4.69) is 73.6 Å². The first-order valence-electron chi connectivity index (χ1n) is 8.93. The molecule has 1 aromatic rings. The lowest BCUT2D eigenvalue weighted by Gasteiger charge is -2.36. The number of fused-ring (bicyclic) bond motifs is 3. The first-order chi connectivity index (χ1) is 10.8. The van der Waals surface area contributed by atoms with E-state index in [1.54, 1.807) is 0 Å². The van der Waals surface area contributed by atoms with Gasteiger partial charge in [-0.05, 0) is 30.3 Å². The fourth-order valence-corrected chi connectivity index (χ4v) is 4.01. The first-order valence-corrected chi connectivity index (χ1v) is 8.93. The van der Waals surface area contributed by atoms with Crippen LogP contribution >= 0.6 is 0 Å². The van der Waals surface area contributed by atoms with Crippen LogP contribution < -0.4 is 4.74 Å². The summed E-state index contributed by atoms with van der Waals surface area (Å²) < 4.78 is 6.39. The Kier molecular flexibility index (Phi) is 3.57. The number of hydrogen-bond donors (Lipinski definition) is 0. The minimum absolute atomic E-state index is 0.0144. The molecule has 2 nitrogen and oxygen atoms in total. The number of carbonyl (C=O) groups is 1. The van der Waals surface area contributed by atoms with Crippen LogP contribution in [0, 0.1) is 12.3 Å². The Labute approximate surface area is 146 Å². The van der Waals surface area contributed by atoms with Crippen molar-refractivity contribution in [1.82, 2.24) is 0 Å². The highest BCUT2D eigenvalue weighted by Gasteiger charge is 2.50. The minimum Gasteiger partial charge on any atom is -0.488 e. The van der Waals surface area contributed by atoms with E-state index >= 15 is 0 Å². The van der Waals surface area contributed by atoms with E-state index in [-0.39, 0.29) is 28.1 Å². The summed E-state index contributed by atoms with van der Waals surface area (Å²) in [5.41, 5.74) is 4.34. The second-order valence-electron chi connectivity index (χ2n) is 9.76. The summed E-state index contributed by atoms with van der Waals surface area (Å²) in [4.78, 5) is 12.7. The van der Waals surface area contributed by atoms with Gasteiger partial charge in [-0.15, -0.1) is 0 Å². The van der Waals surface area contributed by atoms with Crippen molar-refractivity contribution >= 4 is 5.78 Å². The van der Waals surface area contributed by atoms with Gasteiger partial charge in [0.25, 0.3) is 0 Å². The maximum absolute atomic E-state index is 12.7. The van der Waals surface area contributed by atoms with E-state index in [0.29, 0.717) is 6.42 Å². The fourth-order valence-electron chi connectivity index (χ4n) is 4.01. The predicted molar refractivity (Wildman–Crippen MR) is 98.8 cm³/mol. The van der Waals surface area contributed by atoms with Gasteiger partial charge in [0.05, 0.1) is 5.41 Å². The van der Waals surface area contributed by atoms with Gasteiger partial charge in [-0.2, -0.15) is 0 Å². The van der Waals surface area contributed by atoms with Crippen LogP contribution in [-0.2, 0) is 15.6 Å². The van der Waals surface area contributed by atoms with Gasteiger partial charge < -0.3 is 4.74 Å². The van der Waals surface area contributed by atoms with Crippen LogP contribution in [0.1, 0.15) is 71.6 Å². The number of hydrogen-bond acceptors (Lipinski definition) is 2. The number of carbonyl (C=O) groups excluding carboxylic acids is 1. The lowest BCUT2D eigenvalue weighted by Crippen LogP contribution is -2.42. The van der Waals surface area contributed by atoms with Gasteiger partial charge in [-0.3, -0.25) is 4.79 Å². The van der Waals surface area contributed by atoms with E-state index in [1.807, 2.05) is 0 Å². The molecular formula is C22H30O2. The Morgan fingerprint density at radius 2 is 1.71 bits per heavy atom. The van der Waals surface area contributed by atoms with Gasteiger partial charge in [-0.1, -0.05) is 65.3 Å². The van der Waals surface area contributed by atoms with Crippen molar-refractivity contribution in [3.8, 4) is 5.75 Å². The Bertz CT molecular complexity index is 740. The number of Topliss-reactive ketones (excluding diaryl/α,β-unsaturated/α-hetero) is 1. The molecule has 0 bridgehead atoms. The SMILES string of the molecule is Cc1cc(C(C)(C)C)c2c(c1)C1(C)C=C(C(C)(C)C)C(=O)CC1O2. The molecule has 130 valence electrons. The molecule has 1 heterocycles. The molecule has 1 aliphatic heterocycles. The molecule has 0 aromatic heterocycles. The average molecular weight is 326 g/mol. The zero-order valence-electron chi connectivity index (χ0n) is 16.3. The Balaban J connectivity index is 2.24. The molecule has 0 N–H and O–H groups in total. The summed E-state index contributed by atoms with van der Waals surface area (Å²) in [7, 11) is 0. The van der Waals surface area contributed by atoms with Crippen LogP contribution in [0.25, 0.3) is 0 Å². The second kappa shape index (κ2) is 4.97. The van der Waals surface area contributed by atoms with E-state index in [0.717, 1.165) is 11.3 Å². The van der Waals surface area contributed by atoms with Crippen molar-refractivity contribution in [3.63, 3.8) is 0 Å². The predicted octanol–water partition coefficient (Wildman–Crippen LogP) is 5.26. The van der Waals surface area contributed by atoms with Crippen molar-refractivity contribution in [2.24, 2.45) is 5.41 Å². The van der Waals surface area contributed by atoms with Crippen LogP contribution in [-0.4, -0.2) is 11.9 Å². The van der Waals surface area contributed by atoms with Crippen molar-refractivity contribution < 1.29 is 9.53 Å². The molecule has 1 aromatic carbocycles. The van der Waals surface area contributed by atoms with Gasteiger partial charge >= 0.3 is 0 Å². The van der Waals surface area contributed by atoms with E-state index in [9.17, 15) is 4.79 Å². The highest BCUT2D eigenvalue weighted by Crippen LogP contribution is 2.53. The zero-order chi connectivity index (χ0) is 18.1. The lowest BCUT2D eigenvalue weighted by atomic mass is 9.66. The lowest BCUT2D eigenvalue weighted by molar-refractivity contribution is -0.119. The van der Waals surface area contributed by atoms with Gasteiger partial charge in [0.1, 0.15) is 11.9 Å². The third-order valence-electron chi connectivity index (χ3n) is 5.47. The van der Waals surface area contributed by atoms with Gasteiger partial charge in [0, 0.05) is 17.5 Å². The normalized spacial score (nSPS) is 26.6. The third-order valence-corrected chi connectivity index (χ3v) is 5.47. The maximum atomic E-state index is 12.7. The average Bonchev–Trinajstić information content (AvgIpc) is 2.68. The van der Waals surface area contributed by atoms with Crippen molar-refractivity contribution in [3.05, 3.63) is 40.5 Å². The summed E-state index contributed by atoms with van der Waals surface area (Å²) in [6.45, 7) is 17.4. The van der Waals surface area contributed by atoms with Gasteiger partial charge in [-0.25, -0.2) is 0 Å². The molecular weight excluding hydrogens is 296 g/mol. The third kappa shape index (κ3) is 2.51. The number of benzene rings is 1. The molecule has 3 rings (SSSR count). The largest absolute Gasteiger partial charge is 0.488 e. The molecule has 0 spiro atoms. The molecule has 0 amide bonds. The monoisotopic (exact) mass is 326 g/mol. The van der Waals surface area contributed by atoms with Crippen LogP contribution in [0.15, 0.2) is 23.8 Å². The molecule has 2 atom stereocenters. The topological polar surface area (TPSA) is 26.3 Å². The van der Waals surface area contributed by atoms with Crippen LogP contribution in [0.3, 0.4) is 0 Å². The Morgan fingerprint density at radius 1 is 1.08 bits per heavy atom. The molecule has 0 saturated heterocycles. The number of rotatable bonds is 0. The van der Waals surface area contributed by atoms with E-state index in [4.69, 9.17) is 4.74 Å². The summed E-state index contributed by atoms with van der Waals surface area (Å²) in [5.74, 6) is 1.23. The molecule has 0 radical (unpaired) electrons.